The Kier molecular flexibility index (Phi) is 5.91. The third-order valence-electron chi connectivity index (χ3n) is 5.36. The van der Waals surface area contributed by atoms with E-state index in [9.17, 15) is 12.8 Å². The lowest BCUT2D eigenvalue weighted by molar-refractivity contribution is 0.225. The largest absolute Gasteiger partial charge is 0.489 e. The number of nitrogens with zero attached hydrogens (tertiary/aromatic N) is 3. The zero-order valence-electron chi connectivity index (χ0n) is 17.5. The number of aromatic nitrogens is 2. The average Bonchev–Trinajstić information content (AvgIpc) is 3.22. The summed E-state index contributed by atoms with van der Waals surface area (Å²) in [5.41, 5.74) is 2.11. The highest BCUT2D eigenvalue weighted by atomic mass is 32.2. The molecule has 0 saturated carbocycles. The van der Waals surface area contributed by atoms with Gasteiger partial charge in [0.25, 0.3) is 0 Å². The van der Waals surface area contributed by atoms with E-state index in [2.05, 4.69) is 21.8 Å². The van der Waals surface area contributed by atoms with Gasteiger partial charge < -0.3 is 9.64 Å². The summed E-state index contributed by atoms with van der Waals surface area (Å²) < 4.78 is 43.7. The summed E-state index contributed by atoms with van der Waals surface area (Å²) in [5, 5.41) is 0. The van der Waals surface area contributed by atoms with Gasteiger partial charge in [0.2, 0.25) is 5.95 Å². The molecule has 1 atom stereocenters. The van der Waals surface area contributed by atoms with Crippen LogP contribution in [0.5, 0.6) is 5.75 Å². The van der Waals surface area contributed by atoms with Crippen LogP contribution < -0.4 is 9.64 Å². The van der Waals surface area contributed by atoms with E-state index in [1.54, 1.807) is 24.3 Å². The molecule has 0 bridgehead atoms. The van der Waals surface area contributed by atoms with Crippen LogP contribution >= 0.6 is 0 Å². The van der Waals surface area contributed by atoms with E-state index in [1.807, 2.05) is 12.4 Å². The van der Waals surface area contributed by atoms with Gasteiger partial charge in [-0.05, 0) is 41.8 Å². The van der Waals surface area contributed by atoms with Crippen molar-refractivity contribution in [1.29, 1.82) is 0 Å². The molecular weight excluding hydrogens is 417 g/mol. The van der Waals surface area contributed by atoms with E-state index in [0.29, 0.717) is 29.4 Å². The number of benzene rings is 2. The molecule has 0 N–H and O–H groups in total. The van der Waals surface area contributed by atoms with Crippen LogP contribution in [0.15, 0.2) is 59.8 Å². The maximum atomic E-state index is 14.4. The first-order chi connectivity index (χ1) is 14.8. The van der Waals surface area contributed by atoms with Gasteiger partial charge in [0.05, 0.1) is 11.4 Å². The van der Waals surface area contributed by atoms with Gasteiger partial charge in [0.15, 0.2) is 9.84 Å². The molecule has 6 nitrogen and oxygen atoms in total. The van der Waals surface area contributed by atoms with Gasteiger partial charge in [-0.3, -0.25) is 0 Å². The number of sulfone groups is 1. The molecule has 1 aliphatic rings. The molecule has 8 heteroatoms. The summed E-state index contributed by atoms with van der Waals surface area (Å²) in [4.78, 5) is 10.9. The smallest absolute Gasteiger partial charge is 0.225 e. The van der Waals surface area contributed by atoms with Crippen LogP contribution in [-0.2, 0) is 16.3 Å². The summed E-state index contributed by atoms with van der Waals surface area (Å²) in [6.45, 7) is 3.60. The van der Waals surface area contributed by atoms with E-state index in [4.69, 9.17) is 4.74 Å². The van der Waals surface area contributed by atoms with Gasteiger partial charge in [-0.2, -0.15) is 0 Å². The molecule has 0 radical (unpaired) electrons. The van der Waals surface area contributed by atoms with Crippen molar-refractivity contribution >= 4 is 15.8 Å². The van der Waals surface area contributed by atoms with Crippen LogP contribution in [0, 0.1) is 5.82 Å². The Morgan fingerprint density at radius 1 is 1.13 bits per heavy atom. The second-order valence-electron chi connectivity index (χ2n) is 7.66. The zero-order valence-corrected chi connectivity index (χ0v) is 18.3. The summed E-state index contributed by atoms with van der Waals surface area (Å²) in [6.07, 6.45) is 6.57. The number of hydrogen-bond acceptors (Lipinski definition) is 6. The normalized spacial score (nSPS) is 16.5. The third-order valence-corrected chi connectivity index (χ3v) is 6.47. The minimum absolute atomic E-state index is 0.0195. The second kappa shape index (κ2) is 8.63. The van der Waals surface area contributed by atoms with Crippen molar-refractivity contribution in [3.05, 3.63) is 66.2 Å². The highest BCUT2D eigenvalue weighted by Gasteiger charge is 2.26. The first-order valence-corrected chi connectivity index (χ1v) is 12.0. The summed E-state index contributed by atoms with van der Waals surface area (Å²) in [6, 6.07) is 11.1. The van der Waals surface area contributed by atoms with Gasteiger partial charge in [-0.15, -0.1) is 0 Å². The molecule has 1 fully saturated rings. The molecule has 2 aromatic carbocycles. The van der Waals surface area contributed by atoms with Gasteiger partial charge in [-0.25, -0.2) is 22.8 Å². The lowest BCUT2D eigenvalue weighted by Gasteiger charge is -2.17. The average molecular weight is 442 g/mol. The molecule has 4 rings (SSSR count). The van der Waals surface area contributed by atoms with Gasteiger partial charge >= 0.3 is 0 Å². The maximum Gasteiger partial charge on any atom is 0.225 e. The van der Waals surface area contributed by atoms with Crippen LogP contribution in [0.25, 0.3) is 11.1 Å². The standard InChI is InChI=1S/C23H24FN3O3S/c1-3-16-13-25-23(26-14-16)27-11-10-19(15-27)30-18-6-4-17(5-7-18)21-9-8-20(12-22(21)24)31(2,28)29/h4-9,12-14,19H,3,10-11,15H2,1-2H3. The molecule has 31 heavy (non-hydrogen) atoms. The fourth-order valence-electron chi connectivity index (χ4n) is 3.57. The van der Waals surface area contributed by atoms with E-state index >= 15 is 0 Å². The fraction of sp³-hybridized carbons (Fsp3) is 0.304. The predicted octanol–water partition coefficient (Wildman–Crippen LogP) is 3.91. The van der Waals surface area contributed by atoms with Crippen LogP contribution in [0.4, 0.5) is 10.3 Å². The van der Waals surface area contributed by atoms with Gasteiger partial charge in [-0.1, -0.05) is 25.1 Å². The molecule has 2 heterocycles. The van der Waals surface area contributed by atoms with Crippen molar-refractivity contribution < 1.29 is 17.5 Å². The van der Waals surface area contributed by atoms with Gasteiger partial charge in [0.1, 0.15) is 17.7 Å². The number of rotatable bonds is 6. The fourth-order valence-corrected chi connectivity index (χ4v) is 4.20. The number of ether oxygens (including phenoxy) is 1. The second-order valence-corrected chi connectivity index (χ2v) is 9.67. The lowest BCUT2D eigenvalue weighted by Crippen LogP contribution is -2.26. The quantitative estimate of drug-likeness (QED) is 0.578. The molecule has 1 aromatic heterocycles. The zero-order chi connectivity index (χ0) is 22.0. The van der Waals surface area contributed by atoms with Crippen LogP contribution in [0.2, 0.25) is 0 Å². The molecule has 162 valence electrons. The highest BCUT2D eigenvalue weighted by molar-refractivity contribution is 7.90. The lowest BCUT2D eigenvalue weighted by atomic mass is 10.1. The minimum Gasteiger partial charge on any atom is -0.489 e. The van der Waals surface area contributed by atoms with Gasteiger partial charge in [0, 0.05) is 37.2 Å². The van der Waals surface area contributed by atoms with E-state index < -0.39 is 15.7 Å². The Labute approximate surface area is 181 Å². The Morgan fingerprint density at radius 2 is 1.84 bits per heavy atom. The first kappa shape index (κ1) is 21.2. The predicted molar refractivity (Wildman–Crippen MR) is 118 cm³/mol. The van der Waals surface area contributed by atoms with Crippen molar-refractivity contribution in [3.63, 3.8) is 0 Å². The van der Waals surface area contributed by atoms with Crippen molar-refractivity contribution in [2.45, 2.75) is 30.8 Å². The Morgan fingerprint density at radius 3 is 2.45 bits per heavy atom. The highest BCUT2D eigenvalue weighted by Crippen LogP contribution is 2.28. The molecule has 3 aromatic rings. The topological polar surface area (TPSA) is 72.4 Å². The summed E-state index contributed by atoms with van der Waals surface area (Å²) in [5.74, 6) is 0.842. The molecule has 0 spiro atoms. The molecule has 0 amide bonds. The van der Waals surface area contributed by atoms with Crippen molar-refractivity contribution in [2.75, 3.05) is 24.2 Å². The van der Waals surface area contributed by atoms with E-state index in [-0.39, 0.29) is 11.0 Å². The number of halogens is 1. The van der Waals surface area contributed by atoms with Crippen LogP contribution in [0.3, 0.4) is 0 Å². The van der Waals surface area contributed by atoms with E-state index in [1.165, 1.54) is 12.1 Å². The maximum absolute atomic E-state index is 14.4. The minimum atomic E-state index is -3.45. The van der Waals surface area contributed by atoms with Crippen LogP contribution in [-0.4, -0.2) is 43.8 Å². The summed E-state index contributed by atoms with van der Waals surface area (Å²) >= 11 is 0. The summed E-state index contributed by atoms with van der Waals surface area (Å²) in [7, 11) is -3.45. The molecular formula is C23H24FN3O3S. The molecule has 1 saturated heterocycles. The van der Waals surface area contributed by atoms with Crippen molar-refractivity contribution in [2.24, 2.45) is 0 Å². The van der Waals surface area contributed by atoms with Crippen molar-refractivity contribution in [3.8, 4) is 16.9 Å². The Hall–Kier alpha value is -3.00. The van der Waals surface area contributed by atoms with Crippen LogP contribution in [0.1, 0.15) is 18.9 Å². The number of anilines is 1. The number of hydrogen-bond donors (Lipinski definition) is 0. The monoisotopic (exact) mass is 441 g/mol. The number of aryl methyl sites for hydroxylation is 1. The van der Waals surface area contributed by atoms with Crippen molar-refractivity contribution in [1.82, 2.24) is 9.97 Å². The Bertz CT molecular complexity index is 1170. The van der Waals surface area contributed by atoms with E-state index in [0.717, 1.165) is 37.3 Å². The molecule has 0 aliphatic carbocycles. The Balaban J connectivity index is 1.41. The third kappa shape index (κ3) is 4.85. The molecule has 1 unspecified atom stereocenters. The SMILES string of the molecule is CCc1cnc(N2CCC(Oc3ccc(-c4ccc(S(C)(=O)=O)cc4F)cc3)C2)nc1. The first-order valence-electron chi connectivity index (χ1n) is 10.2. The molecule has 1 aliphatic heterocycles.